The summed E-state index contributed by atoms with van der Waals surface area (Å²) in [4.78, 5) is 2.51. The minimum atomic E-state index is 0.0246. The summed E-state index contributed by atoms with van der Waals surface area (Å²) in [6.45, 7) is 7.90. The third-order valence-electron chi connectivity index (χ3n) is 2.51. The summed E-state index contributed by atoms with van der Waals surface area (Å²) >= 11 is 2.06. The fourth-order valence-electron chi connectivity index (χ4n) is 1.92. The van der Waals surface area contributed by atoms with Crippen LogP contribution in [-0.2, 0) is 0 Å². The maximum absolute atomic E-state index is 6.21. The lowest BCUT2D eigenvalue weighted by Gasteiger charge is -2.34. The van der Waals surface area contributed by atoms with E-state index in [1.807, 2.05) is 0 Å². The van der Waals surface area contributed by atoms with Crippen LogP contribution in [0.5, 0.6) is 0 Å². The van der Waals surface area contributed by atoms with Crippen molar-refractivity contribution in [2.45, 2.75) is 32.2 Å². The zero-order valence-electron chi connectivity index (χ0n) is 8.88. The third kappa shape index (κ3) is 4.34. The van der Waals surface area contributed by atoms with Crippen molar-refractivity contribution in [3.8, 4) is 0 Å². The molecule has 0 amide bonds. The van der Waals surface area contributed by atoms with Crippen LogP contribution in [0.1, 0.15) is 26.7 Å². The van der Waals surface area contributed by atoms with Crippen LogP contribution in [0.25, 0.3) is 0 Å². The molecule has 1 atom stereocenters. The van der Waals surface area contributed by atoms with Crippen molar-refractivity contribution < 1.29 is 0 Å². The first kappa shape index (κ1) is 11.3. The van der Waals surface area contributed by atoms with Gasteiger partial charge in [-0.3, -0.25) is 4.90 Å². The summed E-state index contributed by atoms with van der Waals surface area (Å²) in [5.41, 5.74) is 6.23. The normalized spacial score (nSPS) is 24.2. The van der Waals surface area contributed by atoms with Crippen LogP contribution >= 0.6 is 11.8 Å². The average Bonchev–Trinajstić information content (AvgIpc) is 2.04. The lowest BCUT2D eigenvalue weighted by atomic mass is 9.97. The Balaban J connectivity index is 2.28. The summed E-state index contributed by atoms with van der Waals surface area (Å²) in [6, 6.07) is 0. The molecule has 1 aliphatic heterocycles. The molecule has 0 aromatic heterocycles. The Morgan fingerprint density at radius 1 is 1.38 bits per heavy atom. The number of thioether (sulfide) groups is 1. The van der Waals surface area contributed by atoms with Gasteiger partial charge in [0.15, 0.2) is 0 Å². The lowest BCUT2D eigenvalue weighted by Crippen LogP contribution is -2.49. The molecule has 0 radical (unpaired) electrons. The largest absolute Gasteiger partial charge is 0.324 e. The zero-order valence-corrected chi connectivity index (χ0v) is 9.70. The smallest absolute Gasteiger partial charge is 0.0254 e. The molecule has 0 saturated carbocycles. The minimum absolute atomic E-state index is 0.0246. The van der Waals surface area contributed by atoms with Gasteiger partial charge in [0.1, 0.15) is 0 Å². The number of rotatable bonds is 4. The molecule has 2 nitrogen and oxygen atoms in total. The molecule has 13 heavy (non-hydrogen) atoms. The Morgan fingerprint density at radius 2 is 2.00 bits per heavy atom. The van der Waals surface area contributed by atoms with E-state index in [0.717, 1.165) is 13.0 Å². The molecule has 1 aliphatic rings. The van der Waals surface area contributed by atoms with E-state index in [-0.39, 0.29) is 5.54 Å². The molecule has 0 aliphatic carbocycles. The SMILES string of the molecule is CCCC(C)(N)CN1CCSCC1. The van der Waals surface area contributed by atoms with E-state index in [2.05, 4.69) is 30.5 Å². The quantitative estimate of drug-likeness (QED) is 0.750. The average molecular weight is 202 g/mol. The van der Waals surface area contributed by atoms with E-state index in [0.29, 0.717) is 0 Å². The summed E-state index contributed by atoms with van der Waals surface area (Å²) in [5, 5.41) is 0. The molecule has 1 fully saturated rings. The molecular weight excluding hydrogens is 180 g/mol. The minimum Gasteiger partial charge on any atom is -0.324 e. The molecule has 1 heterocycles. The summed E-state index contributed by atoms with van der Waals surface area (Å²) in [6.07, 6.45) is 2.33. The Labute approximate surface area is 86.2 Å². The highest BCUT2D eigenvalue weighted by atomic mass is 32.2. The Morgan fingerprint density at radius 3 is 2.54 bits per heavy atom. The van der Waals surface area contributed by atoms with Crippen LogP contribution in [0.15, 0.2) is 0 Å². The summed E-state index contributed by atoms with van der Waals surface area (Å²) < 4.78 is 0. The number of hydrogen-bond donors (Lipinski definition) is 1. The molecule has 0 aromatic rings. The van der Waals surface area contributed by atoms with Crippen molar-refractivity contribution in [1.29, 1.82) is 0 Å². The van der Waals surface area contributed by atoms with Crippen LogP contribution in [0.3, 0.4) is 0 Å². The first-order chi connectivity index (χ1) is 6.14. The number of nitrogens with zero attached hydrogens (tertiary/aromatic N) is 1. The molecule has 78 valence electrons. The predicted octanol–water partition coefficient (Wildman–Crippen LogP) is 1.55. The molecule has 0 aromatic carbocycles. The van der Waals surface area contributed by atoms with E-state index < -0.39 is 0 Å². The van der Waals surface area contributed by atoms with Crippen molar-refractivity contribution >= 4 is 11.8 Å². The van der Waals surface area contributed by atoms with Gasteiger partial charge in [-0.05, 0) is 13.3 Å². The van der Waals surface area contributed by atoms with Gasteiger partial charge in [0.25, 0.3) is 0 Å². The highest BCUT2D eigenvalue weighted by Gasteiger charge is 2.22. The molecule has 3 heteroatoms. The second-order valence-electron chi connectivity index (χ2n) is 4.29. The Hall–Kier alpha value is 0.270. The molecule has 1 saturated heterocycles. The van der Waals surface area contributed by atoms with Crippen molar-refractivity contribution in [3.63, 3.8) is 0 Å². The fourth-order valence-corrected chi connectivity index (χ4v) is 2.90. The summed E-state index contributed by atoms with van der Waals surface area (Å²) in [7, 11) is 0. The highest BCUT2D eigenvalue weighted by molar-refractivity contribution is 7.99. The molecule has 1 unspecified atom stereocenters. The molecule has 2 N–H and O–H groups in total. The predicted molar refractivity (Wildman–Crippen MR) is 61.3 cm³/mol. The van der Waals surface area contributed by atoms with Crippen molar-refractivity contribution in [2.75, 3.05) is 31.1 Å². The molecule has 0 bridgehead atoms. The maximum Gasteiger partial charge on any atom is 0.0254 e. The van der Waals surface area contributed by atoms with Gasteiger partial charge in [-0.15, -0.1) is 0 Å². The van der Waals surface area contributed by atoms with Gasteiger partial charge in [-0.25, -0.2) is 0 Å². The Kier molecular flexibility index (Phi) is 4.56. The van der Waals surface area contributed by atoms with E-state index in [4.69, 9.17) is 5.73 Å². The van der Waals surface area contributed by atoms with Crippen molar-refractivity contribution in [1.82, 2.24) is 4.90 Å². The van der Waals surface area contributed by atoms with Crippen molar-refractivity contribution in [2.24, 2.45) is 5.73 Å². The van der Waals surface area contributed by atoms with Gasteiger partial charge < -0.3 is 5.73 Å². The first-order valence-electron chi connectivity index (χ1n) is 5.23. The van der Waals surface area contributed by atoms with Crippen LogP contribution in [0.4, 0.5) is 0 Å². The lowest BCUT2D eigenvalue weighted by molar-refractivity contribution is 0.226. The second kappa shape index (κ2) is 5.23. The standard InChI is InChI=1S/C10H22N2S/c1-3-4-10(2,11)9-12-5-7-13-8-6-12/h3-9,11H2,1-2H3. The van der Waals surface area contributed by atoms with Gasteiger partial charge in [0.2, 0.25) is 0 Å². The van der Waals surface area contributed by atoms with E-state index in [1.165, 1.54) is 31.0 Å². The van der Waals surface area contributed by atoms with Gasteiger partial charge in [-0.2, -0.15) is 11.8 Å². The highest BCUT2D eigenvalue weighted by Crippen LogP contribution is 2.15. The maximum atomic E-state index is 6.21. The van der Waals surface area contributed by atoms with Crippen molar-refractivity contribution in [3.05, 3.63) is 0 Å². The third-order valence-corrected chi connectivity index (χ3v) is 3.45. The van der Waals surface area contributed by atoms with Gasteiger partial charge in [0, 0.05) is 36.7 Å². The van der Waals surface area contributed by atoms with Gasteiger partial charge >= 0.3 is 0 Å². The molecular formula is C10H22N2S. The monoisotopic (exact) mass is 202 g/mol. The zero-order chi connectivity index (χ0) is 9.73. The second-order valence-corrected chi connectivity index (χ2v) is 5.52. The number of hydrogen-bond acceptors (Lipinski definition) is 3. The van der Waals surface area contributed by atoms with Gasteiger partial charge in [0.05, 0.1) is 0 Å². The van der Waals surface area contributed by atoms with Crippen LogP contribution in [-0.4, -0.2) is 41.6 Å². The summed E-state index contributed by atoms with van der Waals surface area (Å²) in [5.74, 6) is 2.56. The molecule has 1 rings (SSSR count). The topological polar surface area (TPSA) is 29.3 Å². The van der Waals surface area contributed by atoms with E-state index >= 15 is 0 Å². The van der Waals surface area contributed by atoms with Crippen LogP contribution < -0.4 is 5.73 Å². The van der Waals surface area contributed by atoms with Crippen LogP contribution in [0, 0.1) is 0 Å². The fraction of sp³-hybridized carbons (Fsp3) is 1.00. The van der Waals surface area contributed by atoms with Crippen LogP contribution in [0.2, 0.25) is 0 Å². The number of nitrogens with two attached hydrogens (primary N) is 1. The van der Waals surface area contributed by atoms with E-state index in [9.17, 15) is 0 Å². The Bertz CT molecular complexity index is 142. The first-order valence-corrected chi connectivity index (χ1v) is 6.38. The van der Waals surface area contributed by atoms with Gasteiger partial charge in [-0.1, -0.05) is 13.3 Å². The van der Waals surface area contributed by atoms with E-state index in [1.54, 1.807) is 0 Å². The molecule has 0 spiro atoms.